The van der Waals surface area contributed by atoms with E-state index in [0.717, 1.165) is 32.1 Å². The van der Waals surface area contributed by atoms with Gasteiger partial charge < -0.3 is 14.4 Å². The molecule has 0 atom stereocenters. The van der Waals surface area contributed by atoms with E-state index in [4.69, 9.17) is 9.47 Å². The maximum atomic E-state index is 13.8. The Morgan fingerprint density at radius 1 is 1.09 bits per heavy atom. The van der Waals surface area contributed by atoms with Gasteiger partial charge in [-0.2, -0.15) is 5.26 Å². The van der Waals surface area contributed by atoms with Gasteiger partial charge in [0.05, 0.1) is 19.2 Å². The van der Waals surface area contributed by atoms with Gasteiger partial charge in [-0.15, -0.1) is 0 Å². The van der Waals surface area contributed by atoms with Crippen LogP contribution in [0.3, 0.4) is 0 Å². The number of carbonyl (C=O) groups excluding carboxylic acids is 1. The van der Waals surface area contributed by atoms with E-state index in [-0.39, 0.29) is 22.8 Å². The molecule has 1 saturated carbocycles. The normalized spacial score (nSPS) is 24.3. The molecule has 2 fully saturated rings. The van der Waals surface area contributed by atoms with Crippen molar-refractivity contribution in [1.29, 1.82) is 5.26 Å². The second kappa shape index (κ2) is 10.2. The van der Waals surface area contributed by atoms with Crippen LogP contribution in [0.25, 0.3) is 0 Å². The molecule has 8 nitrogen and oxygen atoms in total. The number of ether oxygens (including phenoxy) is 2. The van der Waals surface area contributed by atoms with Crippen molar-refractivity contribution in [1.82, 2.24) is 14.8 Å². The summed E-state index contributed by atoms with van der Waals surface area (Å²) in [7, 11) is 7.51. The molecule has 1 aliphatic heterocycles. The Bertz CT molecular complexity index is 1070. The first-order valence-electron chi connectivity index (χ1n) is 12.2. The molecule has 0 unspecified atom stereocenters. The van der Waals surface area contributed by atoms with Crippen LogP contribution in [-0.2, 0) is 10.3 Å². The summed E-state index contributed by atoms with van der Waals surface area (Å²) in [5.74, 6) is 0.300. The predicted octanol–water partition coefficient (Wildman–Crippen LogP) is 4.01. The molecule has 2 aliphatic rings. The summed E-state index contributed by atoms with van der Waals surface area (Å²) in [5.41, 5.74) is 1.86. The minimum absolute atomic E-state index is 0.0389. The number of nitrogens with zero attached hydrogens (tertiary/aromatic N) is 5. The summed E-state index contributed by atoms with van der Waals surface area (Å²) in [5, 5.41) is 9.24. The number of aromatic nitrogens is 1. The van der Waals surface area contributed by atoms with E-state index < -0.39 is 0 Å². The zero-order chi connectivity index (χ0) is 25.1. The third-order valence-corrected chi connectivity index (χ3v) is 7.83. The van der Waals surface area contributed by atoms with E-state index in [0.29, 0.717) is 31.3 Å². The smallest absolute Gasteiger partial charge is 0.325 e. The zero-order valence-corrected chi connectivity index (χ0v) is 21.2. The van der Waals surface area contributed by atoms with Gasteiger partial charge in [-0.3, -0.25) is 9.80 Å². The van der Waals surface area contributed by atoms with E-state index in [1.54, 1.807) is 24.1 Å². The molecule has 1 aliphatic carbocycles. The minimum atomic E-state index is -0.280. The number of hydrogen-bond acceptors (Lipinski definition) is 6. The molecular formula is C27H35N5O3. The van der Waals surface area contributed by atoms with Crippen molar-refractivity contribution in [2.75, 3.05) is 52.9 Å². The summed E-state index contributed by atoms with van der Waals surface area (Å²) >= 11 is 0. The Labute approximate surface area is 208 Å². The molecule has 8 heteroatoms. The molecule has 2 aromatic rings. The highest BCUT2D eigenvalue weighted by Crippen LogP contribution is 2.50. The first-order valence-corrected chi connectivity index (χ1v) is 12.2. The topological polar surface area (TPSA) is 81.9 Å². The van der Waals surface area contributed by atoms with Crippen LogP contribution in [0.2, 0.25) is 0 Å². The molecule has 1 saturated heterocycles. The molecule has 186 valence electrons. The first kappa shape index (κ1) is 25.0. The number of benzene rings is 1. The van der Waals surface area contributed by atoms with Gasteiger partial charge in [-0.25, -0.2) is 9.78 Å². The molecule has 1 spiro atoms. The van der Waals surface area contributed by atoms with Crippen LogP contribution in [0, 0.1) is 11.3 Å². The van der Waals surface area contributed by atoms with E-state index in [2.05, 4.69) is 54.3 Å². The third-order valence-electron chi connectivity index (χ3n) is 7.83. The molecule has 0 radical (unpaired) electrons. The maximum Gasteiger partial charge on any atom is 0.325 e. The van der Waals surface area contributed by atoms with E-state index in [9.17, 15) is 10.1 Å². The summed E-state index contributed by atoms with van der Waals surface area (Å²) in [4.78, 5) is 24.3. The Kier molecular flexibility index (Phi) is 7.29. The number of pyridine rings is 1. The lowest BCUT2D eigenvalue weighted by molar-refractivity contribution is 0.0240. The maximum absolute atomic E-state index is 13.8. The molecule has 2 heterocycles. The fourth-order valence-electron chi connectivity index (χ4n) is 5.83. The van der Waals surface area contributed by atoms with Crippen LogP contribution in [0.5, 0.6) is 5.88 Å². The van der Waals surface area contributed by atoms with Gasteiger partial charge >= 0.3 is 6.03 Å². The van der Waals surface area contributed by atoms with Crippen LogP contribution in [0.1, 0.15) is 43.4 Å². The lowest BCUT2D eigenvalue weighted by Gasteiger charge is -2.51. The van der Waals surface area contributed by atoms with Crippen molar-refractivity contribution >= 4 is 11.7 Å². The number of carbonyl (C=O) groups is 1. The van der Waals surface area contributed by atoms with Gasteiger partial charge in [-0.05, 0) is 63.9 Å². The molecule has 2 amide bonds. The largest absolute Gasteiger partial charge is 0.479 e. The second-order valence-corrected chi connectivity index (χ2v) is 9.72. The molecular weight excluding hydrogens is 442 g/mol. The standard InChI is InChI=1S/C27H35N5O3/c1-30(2)27(21-9-6-5-7-10-21)15-13-26(14-16-27)20-31(25(33)32(26)17-8-18-34-3)23-12-11-22(19-28)29-24(23)35-4/h5-7,9-12H,8,13-18,20H2,1-4H3/t26-,27+. The number of amides is 2. The van der Waals surface area contributed by atoms with E-state index >= 15 is 0 Å². The van der Waals surface area contributed by atoms with Crippen LogP contribution in [0.15, 0.2) is 42.5 Å². The molecule has 1 aromatic heterocycles. The number of nitriles is 1. The van der Waals surface area contributed by atoms with E-state index in [1.165, 1.54) is 12.7 Å². The SMILES string of the molecule is COCCCN1C(=O)N(c2ccc(C#N)nc2OC)C[C@]12CC[C@](c1ccccc1)(N(C)C)CC2. The van der Waals surface area contributed by atoms with Gasteiger partial charge in [0.25, 0.3) is 0 Å². The van der Waals surface area contributed by atoms with Crippen molar-refractivity contribution in [3.8, 4) is 11.9 Å². The molecule has 1 aromatic carbocycles. The average molecular weight is 478 g/mol. The van der Waals surface area contributed by atoms with Crippen LogP contribution >= 0.6 is 0 Å². The minimum Gasteiger partial charge on any atom is -0.479 e. The van der Waals surface area contributed by atoms with Crippen molar-refractivity contribution < 1.29 is 14.3 Å². The lowest BCUT2D eigenvalue weighted by Crippen LogP contribution is -2.55. The number of anilines is 1. The van der Waals surface area contributed by atoms with Crippen molar-refractivity contribution in [2.24, 2.45) is 0 Å². The van der Waals surface area contributed by atoms with Crippen LogP contribution in [0.4, 0.5) is 10.5 Å². The Hall–Kier alpha value is -3.15. The summed E-state index contributed by atoms with van der Waals surface area (Å²) < 4.78 is 10.8. The summed E-state index contributed by atoms with van der Waals surface area (Å²) in [6.45, 7) is 1.81. The Balaban J connectivity index is 1.67. The second-order valence-electron chi connectivity index (χ2n) is 9.72. The monoisotopic (exact) mass is 477 g/mol. The van der Waals surface area contributed by atoms with Gasteiger partial charge in [-0.1, -0.05) is 30.3 Å². The fraction of sp³-hybridized carbons (Fsp3) is 0.519. The van der Waals surface area contributed by atoms with Gasteiger partial charge in [0.1, 0.15) is 17.5 Å². The van der Waals surface area contributed by atoms with Crippen molar-refractivity contribution in [3.05, 3.63) is 53.7 Å². The van der Waals surface area contributed by atoms with Crippen molar-refractivity contribution in [3.63, 3.8) is 0 Å². The summed E-state index contributed by atoms with van der Waals surface area (Å²) in [6.07, 6.45) is 4.46. The van der Waals surface area contributed by atoms with Crippen molar-refractivity contribution in [2.45, 2.75) is 43.2 Å². The van der Waals surface area contributed by atoms with E-state index in [1.807, 2.05) is 11.0 Å². The average Bonchev–Trinajstić information content (AvgIpc) is 3.15. The zero-order valence-electron chi connectivity index (χ0n) is 21.2. The van der Waals surface area contributed by atoms with Gasteiger partial charge in [0.15, 0.2) is 0 Å². The van der Waals surface area contributed by atoms with Gasteiger partial charge in [0, 0.05) is 25.8 Å². The first-order chi connectivity index (χ1) is 16.9. The number of urea groups is 1. The fourth-order valence-corrected chi connectivity index (χ4v) is 5.83. The third kappa shape index (κ3) is 4.46. The molecule has 0 N–H and O–H groups in total. The Morgan fingerprint density at radius 3 is 2.40 bits per heavy atom. The van der Waals surface area contributed by atoms with Crippen LogP contribution in [-0.4, -0.2) is 74.4 Å². The Morgan fingerprint density at radius 2 is 1.80 bits per heavy atom. The number of methoxy groups -OCH3 is 2. The highest BCUT2D eigenvalue weighted by Gasteiger charge is 2.55. The highest BCUT2D eigenvalue weighted by molar-refractivity contribution is 5.96. The molecule has 35 heavy (non-hydrogen) atoms. The summed E-state index contributed by atoms with van der Waals surface area (Å²) in [6, 6.07) is 16.1. The lowest BCUT2D eigenvalue weighted by atomic mass is 9.68. The predicted molar refractivity (Wildman–Crippen MR) is 134 cm³/mol. The number of rotatable bonds is 8. The van der Waals surface area contributed by atoms with Gasteiger partial charge in [0.2, 0.25) is 5.88 Å². The highest BCUT2D eigenvalue weighted by atomic mass is 16.5. The molecule has 4 rings (SSSR count). The quantitative estimate of drug-likeness (QED) is 0.535. The molecule has 0 bridgehead atoms. The van der Waals surface area contributed by atoms with Crippen LogP contribution < -0.4 is 9.64 Å². The number of hydrogen-bond donors (Lipinski definition) is 0.